The van der Waals surface area contributed by atoms with Crippen molar-refractivity contribution in [3.8, 4) is 17.2 Å². The van der Waals surface area contributed by atoms with Gasteiger partial charge in [0.05, 0.1) is 42.6 Å². The van der Waals surface area contributed by atoms with E-state index >= 15 is 0 Å². The zero-order chi connectivity index (χ0) is 49.9. The van der Waals surface area contributed by atoms with Crippen LogP contribution in [0.3, 0.4) is 0 Å². The summed E-state index contributed by atoms with van der Waals surface area (Å²) in [6.45, 7) is 5.51. The van der Waals surface area contributed by atoms with Crippen LogP contribution in [0.5, 0.6) is 17.2 Å². The molecule has 0 saturated carbocycles. The molecule has 20 nitrogen and oxygen atoms in total. The smallest absolute Gasteiger partial charge is 0.409 e. The Hall–Kier alpha value is -5.04. The first-order valence-corrected chi connectivity index (χ1v) is 24.6. The molecule has 2 aromatic carbocycles. The number of hydrogen-bond acceptors (Lipinski definition) is 20. The second-order valence-electron chi connectivity index (χ2n) is 17.5. The van der Waals surface area contributed by atoms with Crippen molar-refractivity contribution in [2.75, 3.05) is 67.8 Å². The number of phenols is 2. The van der Waals surface area contributed by atoms with Crippen molar-refractivity contribution in [3.05, 3.63) is 76.0 Å². The van der Waals surface area contributed by atoms with E-state index < -0.39 is 108 Å². The van der Waals surface area contributed by atoms with Gasteiger partial charge in [-0.05, 0) is 48.8 Å². The number of carbonyl (C=O) groups is 5. The second-order valence-corrected chi connectivity index (χ2v) is 20.2. The SMILES string of the molecule is COc1cccc2c1C(=O)c1c(O)c3c(c(O)c1C2=O)C[C@@](O)(C(=O)COC(=O)N(C)CCN(C)C(=O)OCC(C)SSc1ccccn1)C[C@@H]3O[C@H]1C[C@H](N2CCO[C@H](OC)[C@H]2O)[C@H](C)[C@H](C)O1. The van der Waals surface area contributed by atoms with Crippen molar-refractivity contribution in [3.63, 3.8) is 0 Å². The lowest BCUT2D eigenvalue weighted by Crippen LogP contribution is -2.61. The van der Waals surface area contributed by atoms with Crippen LogP contribution in [0.15, 0.2) is 47.6 Å². The lowest BCUT2D eigenvalue weighted by molar-refractivity contribution is -0.289. The van der Waals surface area contributed by atoms with Gasteiger partial charge in [-0.3, -0.25) is 19.3 Å². The van der Waals surface area contributed by atoms with E-state index in [0.29, 0.717) is 6.54 Å². The van der Waals surface area contributed by atoms with Gasteiger partial charge in [-0.25, -0.2) is 14.6 Å². The Morgan fingerprint density at radius 3 is 2.36 bits per heavy atom. The van der Waals surface area contributed by atoms with Crippen LogP contribution in [-0.4, -0.2) is 179 Å². The average Bonchev–Trinajstić information content (AvgIpc) is 3.34. The monoisotopic (exact) mass is 998 g/mol. The normalized spacial score (nSPS) is 26.0. The van der Waals surface area contributed by atoms with Crippen molar-refractivity contribution in [2.45, 2.75) is 93.0 Å². The number of aliphatic hydroxyl groups excluding tert-OH is 1. The summed E-state index contributed by atoms with van der Waals surface area (Å²) in [6.07, 6.45) is -6.10. The largest absolute Gasteiger partial charge is 0.507 e. The highest BCUT2D eigenvalue weighted by molar-refractivity contribution is 8.76. The number of ketones is 3. The molecule has 4 aliphatic rings. The third kappa shape index (κ3) is 10.8. The third-order valence-corrected chi connectivity index (χ3v) is 15.8. The molecule has 2 amide bonds. The number of hydrogen-bond donors (Lipinski definition) is 4. The van der Waals surface area contributed by atoms with Crippen LogP contribution < -0.4 is 4.74 Å². The molecule has 3 heterocycles. The number of aromatic hydroxyl groups is 2. The third-order valence-electron chi connectivity index (χ3n) is 13.0. The molecule has 0 radical (unpaired) electrons. The maximum atomic E-state index is 14.2. The Labute approximate surface area is 406 Å². The fraction of sp³-hybridized carbons (Fsp3) is 0.532. The number of benzene rings is 2. The summed E-state index contributed by atoms with van der Waals surface area (Å²) in [7, 11) is 8.61. The molecular formula is C47H58N4O16S2. The molecule has 69 heavy (non-hydrogen) atoms. The summed E-state index contributed by atoms with van der Waals surface area (Å²) >= 11 is 0. The number of ether oxygens (including phenoxy) is 7. The number of fused-ring (bicyclic) bond motifs is 3. The Kier molecular flexibility index (Phi) is 16.5. The van der Waals surface area contributed by atoms with E-state index in [1.54, 1.807) is 6.20 Å². The number of phenolic OH excluding ortho intramolecular Hbond substituents is 2. The Morgan fingerprint density at radius 1 is 0.971 bits per heavy atom. The summed E-state index contributed by atoms with van der Waals surface area (Å²) in [5, 5.41) is 48.4. The molecule has 22 heteroatoms. The molecule has 2 fully saturated rings. The van der Waals surface area contributed by atoms with Crippen LogP contribution in [0.4, 0.5) is 9.59 Å². The molecule has 2 saturated heterocycles. The van der Waals surface area contributed by atoms with Crippen LogP contribution in [0.25, 0.3) is 0 Å². The van der Waals surface area contributed by atoms with Gasteiger partial charge in [-0.15, -0.1) is 0 Å². The highest BCUT2D eigenvalue weighted by Gasteiger charge is 2.51. The first kappa shape index (κ1) is 51.8. The molecular weight excluding hydrogens is 941 g/mol. The Morgan fingerprint density at radius 2 is 1.68 bits per heavy atom. The van der Waals surface area contributed by atoms with Crippen molar-refractivity contribution >= 4 is 51.1 Å². The lowest BCUT2D eigenvalue weighted by atomic mass is 9.72. The van der Waals surface area contributed by atoms with E-state index in [2.05, 4.69) is 4.98 Å². The van der Waals surface area contributed by atoms with Crippen molar-refractivity contribution in [1.82, 2.24) is 19.7 Å². The molecule has 1 unspecified atom stereocenters. The van der Waals surface area contributed by atoms with E-state index in [1.165, 1.54) is 73.0 Å². The van der Waals surface area contributed by atoms with E-state index in [4.69, 9.17) is 33.2 Å². The van der Waals surface area contributed by atoms with E-state index in [1.807, 2.05) is 43.9 Å². The summed E-state index contributed by atoms with van der Waals surface area (Å²) in [6, 6.07) is 9.56. The maximum absolute atomic E-state index is 14.2. The van der Waals surface area contributed by atoms with Gasteiger partial charge >= 0.3 is 12.2 Å². The number of morpholine rings is 1. The van der Waals surface area contributed by atoms with Crippen LogP contribution in [-0.2, 0) is 39.6 Å². The van der Waals surface area contributed by atoms with Crippen LogP contribution in [0.1, 0.15) is 82.7 Å². The van der Waals surface area contributed by atoms with Crippen LogP contribution in [0, 0.1) is 5.92 Å². The number of methoxy groups -OCH3 is 2. The van der Waals surface area contributed by atoms with Gasteiger partial charge in [0.25, 0.3) is 0 Å². The van der Waals surface area contributed by atoms with Gasteiger partial charge in [-0.2, -0.15) is 0 Å². The standard InChI is InChI=1S/C47H58N4O16S2/c1-24(68-69-33-13-8-9-14-48-33)22-64-45(58)49(4)15-16-50(5)46(59)65-23-32(52)47(60)20-28-36(42(56)38-37(40(28)54)39(53)27-11-10-12-30(61-6)35(27)41(38)55)31(21-47)67-34-19-29(25(2)26(3)66-34)51-17-18-63-44(62-7)43(51)57/h8-14,24-26,29,31,34,43-44,54,56-57,60H,15-23H2,1-7H3/t24?,25-,26+,29+,31+,34+,43-,44+,47+/m1/s1. The zero-order valence-corrected chi connectivity index (χ0v) is 41.0. The predicted octanol–water partition coefficient (Wildman–Crippen LogP) is 4.31. The number of aromatic nitrogens is 1. The van der Waals surface area contributed by atoms with Crippen molar-refractivity contribution < 1.29 is 77.6 Å². The number of pyridine rings is 1. The van der Waals surface area contributed by atoms with Gasteiger partial charge in [-0.1, -0.05) is 35.9 Å². The molecule has 2 aliphatic heterocycles. The van der Waals surface area contributed by atoms with E-state index in [-0.39, 0.29) is 77.9 Å². The van der Waals surface area contributed by atoms with E-state index in [9.17, 15) is 44.4 Å². The van der Waals surface area contributed by atoms with Gasteiger partial charge < -0.3 is 63.4 Å². The number of aliphatic hydroxyl groups is 2. The molecule has 3 aromatic rings. The lowest BCUT2D eigenvalue weighted by Gasteiger charge is -2.49. The Balaban J connectivity index is 1.08. The maximum Gasteiger partial charge on any atom is 0.409 e. The first-order valence-electron chi connectivity index (χ1n) is 22.4. The summed E-state index contributed by atoms with van der Waals surface area (Å²) in [5.41, 5.74) is -4.10. The fourth-order valence-corrected chi connectivity index (χ4v) is 10.9. The number of rotatable bonds is 16. The molecule has 9 atom stereocenters. The number of nitrogens with zero attached hydrogens (tertiary/aromatic N) is 4. The quantitative estimate of drug-likeness (QED) is 0.0901. The highest BCUT2D eigenvalue weighted by atomic mass is 33.1. The van der Waals surface area contributed by atoms with Gasteiger partial charge in [0, 0.05) is 94.3 Å². The van der Waals surface area contributed by atoms with E-state index in [0.717, 1.165) is 9.93 Å². The van der Waals surface area contributed by atoms with Crippen LogP contribution >= 0.6 is 21.6 Å². The molecule has 0 bridgehead atoms. The molecule has 1 aromatic heterocycles. The molecule has 2 aliphatic carbocycles. The minimum Gasteiger partial charge on any atom is -0.507 e. The zero-order valence-electron chi connectivity index (χ0n) is 39.3. The van der Waals surface area contributed by atoms with Crippen molar-refractivity contribution in [2.24, 2.45) is 5.92 Å². The Bertz CT molecular complexity index is 2410. The molecule has 4 N–H and O–H groups in total. The predicted molar refractivity (Wildman–Crippen MR) is 248 cm³/mol. The fourth-order valence-electron chi connectivity index (χ4n) is 9.01. The number of amides is 2. The average molecular weight is 999 g/mol. The topological polar surface area (TPSA) is 253 Å². The van der Waals surface area contributed by atoms with Crippen LogP contribution in [0.2, 0.25) is 0 Å². The molecule has 7 rings (SSSR count). The number of Topliss-reactive ketones (excluding diaryl/α,β-unsaturated/α-hetero) is 1. The minimum absolute atomic E-state index is 0.0148. The van der Waals surface area contributed by atoms with Gasteiger partial charge in [0.1, 0.15) is 34.5 Å². The number of carbonyl (C=O) groups excluding carboxylic acids is 5. The summed E-state index contributed by atoms with van der Waals surface area (Å²) in [5.74, 6) is -4.18. The van der Waals surface area contributed by atoms with Gasteiger partial charge in [0.2, 0.25) is 11.6 Å². The summed E-state index contributed by atoms with van der Waals surface area (Å²) in [4.78, 5) is 76.9. The molecule has 374 valence electrons. The molecule has 0 spiro atoms. The first-order chi connectivity index (χ1) is 32.9. The minimum atomic E-state index is -2.44. The summed E-state index contributed by atoms with van der Waals surface area (Å²) < 4.78 is 40.0. The highest BCUT2D eigenvalue weighted by Crippen LogP contribution is 2.53. The number of likely N-dealkylation sites (N-methyl/N-ethyl adjacent to an activating group) is 2. The van der Waals surface area contributed by atoms with Crippen molar-refractivity contribution in [1.29, 1.82) is 0 Å². The van der Waals surface area contributed by atoms with Gasteiger partial charge in [0.15, 0.2) is 31.2 Å². The second kappa shape index (κ2) is 21.9.